The quantitative estimate of drug-likeness (QED) is 0.452. The lowest BCUT2D eigenvalue weighted by atomic mass is 10.1. The lowest BCUT2D eigenvalue weighted by Crippen LogP contribution is -2.31. The van der Waals surface area contributed by atoms with E-state index in [2.05, 4.69) is 28.4 Å². The summed E-state index contributed by atoms with van der Waals surface area (Å²) < 4.78 is 0. The summed E-state index contributed by atoms with van der Waals surface area (Å²) in [5.74, 6) is 0.107. The molecular formula is C23H21N3OS. The van der Waals surface area contributed by atoms with Crippen molar-refractivity contribution in [2.45, 2.75) is 25.1 Å². The lowest BCUT2D eigenvalue weighted by Gasteiger charge is -2.15. The first kappa shape index (κ1) is 18.4. The van der Waals surface area contributed by atoms with Gasteiger partial charge in [-0.2, -0.15) is 5.10 Å². The zero-order chi connectivity index (χ0) is 19.3. The Bertz CT molecular complexity index is 1040. The van der Waals surface area contributed by atoms with Gasteiger partial charge >= 0.3 is 0 Å². The van der Waals surface area contributed by atoms with E-state index < -0.39 is 0 Å². The maximum Gasteiger partial charge on any atom is 0.242 e. The Kier molecular flexibility index (Phi) is 5.53. The van der Waals surface area contributed by atoms with E-state index in [1.807, 2.05) is 61.5 Å². The van der Waals surface area contributed by atoms with Gasteiger partial charge in [-0.15, -0.1) is 5.10 Å². The fourth-order valence-electron chi connectivity index (χ4n) is 3.26. The van der Waals surface area contributed by atoms with Crippen LogP contribution >= 0.6 is 11.8 Å². The summed E-state index contributed by atoms with van der Waals surface area (Å²) in [5.41, 5.74) is 2.09. The highest BCUT2D eigenvalue weighted by molar-refractivity contribution is 8.15. The first-order chi connectivity index (χ1) is 13.8. The molecule has 0 N–H and O–H groups in total. The molecule has 3 aromatic rings. The fourth-order valence-corrected chi connectivity index (χ4v) is 4.29. The van der Waals surface area contributed by atoms with E-state index in [4.69, 9.17) is 0 Å². The van der Waals surface area contributed by atoms with Gasteiger partial charge < -0.3 is 0 Å². The van der Waals surface area contributed by atoms with E-state index in [-0.39, 0.29) is 11.2 Å². The topological polar surface area (TPSA) is 45.0 Å². The van der Waals surface area contributed by atoms with Crippen LogP contribution < -0.4 is 0 Å². The van der Waals surface area contributed by atoms with Gasteiger partial charge in [-0.1, -0.05) is 91.5 Å². The van der Waals surface area contributed by atoms with Crippen LogP contribution in [0.3, 0.4) is 0 Å². The van der Waals surface area contributed by atoms with Crippen LogP contribution in [0.25, 0.3) is 10.8 Å². The minimum absolute atomic E-state index is 0.0878. The molecule has 0 radical (unpaired) electrons. The first-order valence-electron chi connectivity index (χ1n) is 9.37. The Labute approximate surface area is 169 Å². The summed E-state index contributed by atoms with van der Waals surface area (Å²) in [6.45, 7) is 2.55. The van der Waals surface area contributed by atoms with Crippen molar-refractivity contribution in [1.29, 1.82) is 0 Å². The fraction of sp³-hybridized carbons (Fsp3) is 0.174. The number of fused-ring (bicyclic) bond motifs is 1. The summed E-state index contributed by atoms with van der Waals surface area (Å²) in [6.07, 6.45) is 2.54. The summed E-state index contributed by atoms with van der Waals surface area (Å²) >= 11 is 1.50. The van der Waals surface area contributed by atoms with Gasteiger partial charge in [0, 0.05) is 5.56 Å². The van der Waals surface area contributed by atoms with Gasteiger partial charge in [0.25, 0.3) is 0 Å². The van der Waals surface area contributed by atoms with Crippen molar-refractivity contribution in [1.82, 2.24) is 4.90 Å². The Morgan fingerprint density at radius 1 is 1.00 bits per heavy atom. The van der Waals surface area contributed by atoms with Gasteiger partial charge in [0.05, 0.1) is 18.0 Å². The third kappa shape index (κ3) is 3.85. The number of nitrogens with zero attached hydrogens (tertiary/aromatic N) is 3. The van der Waals surface area contributed by atoms with Gasteiger partial charge in [-0.25, -0.2) is 0 Å². The zero-order valence-corrected chi connectivity index (χ0v) is 16.5. The summed E-state index contributed by atoms with van der Waals surface area (Å²) in [5, 5.41) is 11.6. The molecule has 0 spiro atoms. The van der Waals surface area contributed by atoms with Crippen LogP contribution in [-0.4, -0.2) is 27.4 Å². The van der Waals surface area contributed by atoms with Crippen LogP contribution in [0, 0.1) is 0 Å². The third-order valence-electron chi connectivity index (χ3n) is 4.74. The molecule has 1 amide bonds. The molecule has 3 aromatic carbocycles. The number of carbonyl (C=O) groups is 1. The highest BCUT2D eigenvalue weighted by Gasteiger charge is 2.36. The predicted octanol–water partition coefficient (Wildman–Crippen LogP) is 5.08. The summed E-state index contributed by atoms with van der Waals surface area (Å²) in [6, 6.07) is 24.3. The minimum Gasteiger partial charge on any atom is -0.284 e. The smallest absolute Gasteiger partial charge is 0.242 e. The van der Waals surface area contributed by atoms with Gasteiger partial charge in [-0.3, -0.25) is 9.69 Å². The van der Waals surface area contributed by atoms with E-state index in [1.165, 1.54) is 17.1 Å². The average Bonchev–Trinajstić information content (AvgIpc) is 3.04. The largest absolute Gasteiger partial charge is 0.284 e. The molecule has 1 saturated heterocycles. The van der Waals surface area contributed by atoms with E-state index in [0.717, 1.165) is 22.9 Å². The number of amidine groups is 1. The number of amides is 1. The van der Waals surface area contributed by atoms with Crippen LogP contribution in [-0.2, 0) is 11.3 Å². The standard InChI is InChI=1S/C23H21N3OS/c1-2-21-22(27)26(16-17-9-4-3-5-10-17)23(28-21)25-24-15-19-13-8-12-18-11-6-7-14-20(18)19/h3-15,21H,2,16H2,1H3. The van der Waals surface area contributed by atoms with Crippen LogP contribution in [0.15, 0.2) is 83.0 Å². The highest BCUT2D eigenvalue weighted by Crippen LogP contribution is 2.30. The number of benzene rings is 3. The molecule has 1 fully saturated rings. The molecular weight excluding hydrogens is 366 g/mol. The normalized spacial score (nSPS) is 18.6. The van der Waals surface area contributed by atoms with Crippen molar-refractivity contribution < 1.29 is 4.79 Å². The monoisotopic (exact) mass is 387 g/mol. The van der Waals surface area contributed by atoms with Gasteiger partial charge in [0.15, 0.2) is 5.17 Å². The SMILES string of the molecule is CCC1SC(=NN=Cc2cccc3ccccc23)N(Cc2ccccc2)C1=O. The molecule has 1 unspecified atom stereocenters. The van der Waals surface area contributed by atoms with Crippen LogP contribution in [0.4, 0.5) is 0 Å². The van der Waals surface area contributed by atoms with Crippen molar-refractivity contribution in [3.8, 4) is 0 Å². The molecule has 0 aliphatic carbocycles. The second-order valence-corrected chi connectivity index (χ2v) is 7.79. The second-order valence-electron chi connectivity index (χ2n) is 6.62. The molecule has 1 aliphatic heterocycles. The van der Waals surface area contributed by atoms with E-state index in [0.29, 0.717) is 11.7 Å². The van der Waals surface area contributed by atoms with Gasteiger partial charge in [0.1, 0.15) is 0 Å². The van der Waals surface area contributed by atoms with Crippen LogP contribution in [0.5, 0.6) is 0 Å². The molecule has 5 heteroatoms. The van der Waals surface area contributed by atoms with Gasteiger partial charge in [0.2, 0.25) is 5.91 Å². The number of hydrogen-bond donors (Lipinski definition) is 0. The second kappa shape index (κ2) is 8.40. The number of carbonyl (C=O) groups excluding carboxylic acids is 1. The average molecular weight is 388 g/mol. The third-order valence-corrected chi connectivity index (χ3v) is 6.07. The van der Waals surface area contributed by atoms with E-state index >= 15 is 0 Å². The number of rotatable bonds is 5. The van der Waals surface area contributed by atoms with Gasteiger partial charge in [-0.05, 0) is 22.8 Å². The maximum atomic E-state index is 12.7. The molecule has 1 atom stereocenters. The molecule has 140 valence electrons. The minimum atomic E-state index is -0.0878. The molecule has 4 rings (SSSR count). The van der Waals surface area contributed by atoms with Crippen LogP contribution in [0.2, 0.25) is 0 Å². The first-order valence-corrected chi connectivity index (χ1v) is 10.2. The molecule has 0 aromatic heterocycles. The van der Waals surface area contributed by atoms with E-state index in [9.17, 15) is 4.79 Å². The summed E-state index contributed by atoms with van der Waals surface area (Å²) in [7, 11) is 0. The zero-order valence-electron chi connectivity index (χ0n) is 15.7. The lowest BCUT2D eigenvalue weighted by molar-refractivity contribution is -0.126. The van der Waals surface area contributed by atoms with Crippen molar-refractivity contribution >= 4 is 39.8 Å². The van der Waals surface area contributed by atoms with E-state index in [1.54, 1.807) is 11.1 Å². The molecule has 0 bridgehead atoms. The van der Waals surface area contributed by atoms with Crippen molar-refractivity contribution in [2.75, 3.05) is 0 Å². The Hall–Kier alpha value is -2.92. The maximum absolute atomic E-state index is 12.7. The molecule has 1 heterocycles. The summed E-state index contributed by atoms with van der Waals surface area (Å²) in [4.78, 5) is 14.5. The van der Waals surface area contributed by atoms with Crippen molar-refractivity contribution in [3.63, 3.8) is 0 Å². The molecule has 28 heavy (non-hydrogen) atoms. The molecule has 0 saturated carbocycles. The van der Waals surface area contributed by atoms with Crippen LogP contribution in [0.1, 0.15) is 24.5 Å². The van der Waals surface area contributed by atoms with Crippen molar-refractivity contribution in [2.24, 2.45) is 10.2 Å². The number of thioether (sulfide) groups is 1. The Morgan fingerprint density at radius 2 is 1.75 bits per heavy atom. The number of hydrogen-bond acceptors (Lipinski definition) is 4. The Morgan fingerprint density at radius 3 is 2.57 bits per heavy atom. The highest BCUT2D eigenvalue weighted by atomic mass is 32.2. The Balaban J connectivity index is 1.60. The molecule has 1 aliphatic rings. The molecule has 4 nitrogen and oxygen atoms in total. The van der Waals surface area contributed by atoms with Crippen molar-refractivity contribution in [3.05, 3.63) is 83.9 Å². The predicted molar refractivity (Wildman–Crippen MR) is 118 cm³/mol.